The highest BCUT2D eigenvalue weighted by atomic mass is 16.4. The molecule has 5 heterocycles. The number of carboxylic acid groups (broad SMARTS) is 1. The van der Waals surface area contributed by atoms with Crippen LogP contribution >= 0.6 is 0 Å². The van der Waals surface area contributed by atoms with Crippen molar-refractivity contribution < 1.29 is 9.90 Å². The Balaban J connectivity index is 1.35. The van der Waals surface area contributed by atoms with E-state index >= 15 is 0 Å². The van der Waals surface area contributed by atoms with E-state index in [1.165, 1.54) is 353 Å². The van der Waals surface area contributed by atoms with Gasteiger partial charge in [-0.1, -0.05) is 303 Å². The van der Waals surface area contributed by atoms with Gasteiger partial charge in [-0.2, -0.15) is 5.26 Å². The lowest BCUT2D eigenvalue weighted by molar-refractivity contribution is -0.132. The van der Waals surface area contributed by atoms with Gasteiger partial charge in [0.05, 0.1) is 39.9 Å². The van der Waals surface area contributed by atoms with Crippen molar-refractivity contribution in [3.63, 3.8) is 0 Å². The minimum absolute atomic E-state index is 0.236. The number of hydrogen-bond acceptors (Lipinski definition) is 2. The summed E-state index contributed by atoms with van der Waals surface area (Å²) in [6.07, 6.45) is 62.7. The SMILES string of the molecule is CCCCCCCCCCCCc1cc(C=C(C#N)C(=O)O)n(C)c1-c1cc(CCCCCCCCCCCC)c(-c2cc(CCCCCCCCCCCC)c(-c3cc(CCCCCCCCCCCC)c(-c4ccc5c(c4)c4cc(C)ccc4n5CCCCCC)n3C)n2C)n1C. The second-order valence-electron chi connectivity index (χ2n) is 30.6. The summed E-state index contributed by atoms with van der Waals surface area (Å²) < 4.78 is 12.5. The van der Waals surface area contributed by atoms with Crippen LogP contribution in [0.2, 0.25) is 0 Å². The molecule has 2 aromatic carbocycles. The number of fused-ring (bicyclic) bond motifs is 3. The molecule has 0 saturated heterocycles. The van der Waals surface area contributed by atoms with Gasteiger partial charge in [0.1, 0.15) is 11.6 Å². The molecule has 0 radical (unpaired) electrons. The molecular weight excluding hydrogens is 1210 g/mol. The Morgan fingerprint density at radius 3 is 1.04 bits per heavy atom. The largest absolute Gasteiger partial charge is 0.477 e. The number of nitrogens with zero attached hydrogens (tertiary/aromatic N) is 6. The monoisotopic (exact) mass is 1350 g/mol. The molecule has 8 nitrogen and oxygen atoms in total. The fraction of sp³-hybridized carbons (Fsp3) is 0.648. The summed E-state index contributed by atoms with van der Waals surface area (Å²) >= 11 is 0. The molecule has 0 fully saturated rings. The van der Waals surface area contributed by atoms with E-state index in [4.69, 9.17) is 0 Å². The summed E-state index contributed by atoms with van der Waals surface area (Å²) in [6.45, 7) is 14.8. The number of carboxylic acids is 1. The molecule has 5 aromatic heterocycles. The lowest BCUT2D eigenvalue weighted by Crippen LogP contribution is -2.06. The summed E-state index contributed by atoms with van der Waals surface area (Å²) in [7, 11) is 9.15. The quantitative estimate of drug-likeness (QED) is 0.0234. The van der Waals surface area contributed by atoms with Gasteiger partial charge in [0.15, 0.2) is 0 Å². The van der Waals surface area contributed by atoms with E-state index in [1.807, 2.05) is 6.07 Å². The van der Waals surface area contributed by atoms with Gasteiger partial charge < -0.3 is 27.9 Å². The molecule has 99 heavy (non-hydrogen) atoms. The van der Waals surface area contributed by atoms with Gasteiger partial charge in [-0.05, 0) is 147 Å². The molecule has 7 rings (SSSR count). The van der Waals surface area contributed by atoms with Crippen molar-refractivity contribution in [2.24, 2.45) is 28.2 Å². The summed E-state index contributed by atoms with van der Waals surface area (Å²) in [4.78, 5) is 12.5. The molecule has 1 N–H and O–H groups in total. The van der Waals surface area contributed by atoms with Crippen molar-refractivity contribution in [1.29, 1.82) is 5.26 Å². The molecule has 7 aromatic rings. The third-order valence-electron chi connectivity index (χ3n) is 22.4. The Morgan fingerprint density at radius 1 is 0.374 bits per heavy atom. The molecule has 0 aliphatic carbocycles. The third kappa shape index (κ3) is 24.1. The maximum absolute atomic E-state index is 12.5. The lowest BCUT2D eigenvalue weighted by Gasteiger charge is -2.16. The minimum atomic E-state index is -1.19. The third-order valence-corrected chi connectivity index (χ3v) is 22.4. The van der Waals surface area contributed by atoms with E-state index in [0.29, 0.717) is 0 Å². The van der Waals surface area contributed by atoms with Crippen LogP contribution in [0, 0.1) is 18.3 Å². The average molecular weight is 1350 g/mol. The van der Waals surface area contributed by atoms with Crippen molar-refractivity contribution >= 4 is 33.9 Å². The van der Waals surface area contributed by atoms with Crippen molar-refractivity contribution in [2.45, 2.75) is 356 Å². The molecule has 0 aliphatic heterocycles. The number of hydrogen-bond donors (Lipinski definition) is 1. The fourth-order valence-corrected chi connectivity index (χ4v) is 16.5. The summed E-state index contributed by atoms with van der Waals surface area (Å²) in [5.74, 6) is -1.19. The van der Waals surface area contributed by atoms with Gasteiger partial charge in [0.25, 0.3) is 0 Å². The maximum atomic E-state index is 12.5. The van der Waals surface area contributed by atoms with Gasteiger partial charge in [-0.15, -0.1) is 0 Å². The molecule has 0 amide bonds. The zero-order valence-corrected chi connectivity index (χ0v) is 65.0. The second-order valence-corrected chi connectivity index (χ2v) is 30.6. The van der Waals surface area contributed by atoms with Gasteiger partial charge >= 0.3 is 5.97 Å². The number of aliphatic carboxylic acids is 1. The Bertz CT molecular complexity index is 3540. The summed E-state index contributed by atoms with van der Waals surface area (Å²) in [6, 6.07) is 26.5. The smallest absolute Gasteiger partial charge is 0.346 e. The first kappa shape index (κ1) is 80.4. The number of rotatable bonds is 55. The first-order valence-electron chi connectivity index (χ1n) is 41.6. The van der Waals surface area contributed by atoms with Crippen molar-refractivity contribution in [2.75, 3.05) is 0 Å². The summed E-state index contributed by atoms with van der Waals surface area (Å²) in [5.41, 5.74) is 20.3. The molecule has 0 atom stereocenters. The number of nitriles is 1. The first-order valence-corrected chi connectivity index (χ1v) is 41.6. The minimum Gasteiger partial charge on any atom is -0.477 e. The van der Waals surface area contributed by atoms with Gasteiger partial charge in [-0.25, -0.2) is 4.79 Å². The van der Waals surface area contributed by atoms with Crippen LogP contribution in [0.3, 0.4) is 0 Å². The number of unbranched alkanes of at least 4 members (excludes halogenated alkanes) is 39. The standard InChI is InChI=1S/C91H140N6O2/c1-11-16-21-26-30-34-38-42-46-50-55-73-65-79(66-78(71-92)91(98)99)93(7)88(73)84-69-75(57-52-48-44-40-36-32-28-23-18-13-3)90(95(84)9)86-70-76(58-53-49-45-41-37-33-29-24-19-14-4)89(96(86)10)85-68-74(56-51-47-43-39-35-31-27-22-17-12-2)87(94(85)8)77-60-62-83-81(67-77)80-64-72(6)59-61-82(80)97(83)63-54-25-20-15-5/h59-62,64-70H,11-58,63H2,1-10H3,(H,98,99). The van der Waals surface area contributed by atoms with Crippen molar-refractivity contribution in [3.8, 4) is 51.5 Å². The highest BCUT2D eigenvalue weighted by Crippen LogP contribution is 2.44. The molecule has 0 bridgehead atoms. The highest BCUT2D eigenvalue weighted by Gasteiger charge is 2.28. The second kappa shape index (κ2) is 45.1. The van der Waals surface area contributed by atoms with E-state index in [2.05, 4.69) is 153 Å². The van der Waals surface area contributed by atoms with Gasteiger partial charge in [0, 0.05) is 62.2 Å². The van der Waals surface area contributed by atoms with Crippen LogP contribution in [0.5, 0.6) is 0 Å². The summed E-state index contributed by atoms with van der Waals surface area (Å²) in [5, 5.41) is 23.0. The van der Waals surface area contributed by atoms with Crippen LogP contribution in [0.15, 0.2) is 66.2 Å². The van der Waals surface area contributed by atoms with Crippen LogP contribution in [0.25, 0.3) is 73.3 Å². The Labute approximate surface area is 604 Å². The van der Waals surface area contributed by atoms with Crippen LogP contribution in [0.1, 0.15) is 351 Å². The molecule has 546 valence electrons. The van der Waals surface area contributed by atoms with E-state index in [0.717, 1.165) is 62.2 Å². The predicted molar refractivity (Wildman–Crippen MR) is 429 cm³/mol. The van der Waals surface area contributed by atoms with E-state index < -0.39 is 5.97 Å². The van der Waals surface area contributed by atoms with Gasteiger partial charge in [-0.3, -0.25) is 0 Å². The fourth-order valence-electron chi connectivity index (χ4n) is 16.5. The topological polar surface area (TPSA) is 85.7 Å². The van der Waals surface area contributed by atoms with Crippen LogP contribution in [-0.4, -0.2) is 33.9 Å². The molecule has 0 spiro atoms. The van der Waals surface area contributed by atoms with Gasteiger partial charge in [0.2, 0.25) is 0 Å². The molecule has 0 saturated carbocycles. The number of aryl methyl sites for hydroxylation is 6. The Kier molecular flexibility index (Phi) is 36.6. The van der Waals surface area contributed by atoms with E-state index in [-0.39, 0.29) is 5.57 Å². The molecule has 8 heteroatoms. The van der Waals surface area contributed by atoms with E-state index in [9.17, 15) is 15.2 Å². The number of benzene rings is 2. The predicted octanol–water partition coefficient (Wildman–Crippen LogP) is 27.6. The lowest BCUT2D eigenvalue weighted by atomic mass is 9.99. The molecule has 0 unspecified atom stereocenters. The zero-order chi connectivity index (χ0) is 70.6. The van der Waals surface area contributed by atoms with E-state index in [1.54, 1.807) is 6.08 Å². The average Bonchev–Trinajstić information content (AvgIpc) is 1.59. The van der Waals surface area contributed by atoms with Crippen LogP contribution in [0.4, 0.5) is 0 Å². The van der Waals surface area contributed by atoms with Crippen LogP contribution in [-0.2, 0) is 65.2 Å². The van der Waals surface area contributed by atoms with Crippen molar-refractivity contribution in [1.82, 2.24) is 22.8 Å². The number of aromatic nitrogens is 5. The Hall–Kier alpha value is -5.94. The van der Waals surface area contributed by atoms with Crippen LogP contribution < -0.4 is 0 Å². The maximum Gasteiger partial charge on any atom is 0.346 e. The molecule has 0 aliphatic rings. The normalized spacial score (nSPS) is 12.0. The Morgan fingerprint density at radius 2 is 0.677 bits per heavy atom. The van der Waals surface area contributed by atoms with Crippen molar-refractivity contribution in [3.05, 3.63) is 99.7 Å². The number of carbonyl (C=O) groups is 1. The molecular formula is C91H140N6O2. The first-order chi connectivity index (χ1) is 48.4. The highest BCUT2D eigenvalue weighted by molar-refractivity contribution is 6.09. The zero-order valence-electron chi connectivity index (χ0n) is 65.0.